The third kappa shape index (κ3) is 5.92. The Hall–Kier alpha value is -4.12. The van der Waals surface area contributed by atoms with Crippen LogP contribution in [0.1, 0.15) is 43.3 Å². The molecule has 0 aliphatic carbocycles. The van der Waals surface area contributed by atoms with Gasteiger partial charge in [0.1, 0.15) is 5.75 Å². The molecule has 0 radical (unpaired) electrons. The van der Waals surface area contributed by atoms with E-state index >= 15 is 0 Å². The largest absolute Gasteiger partial charge is 0.484 e. The molecule has 0 atom stereocenters. The number of nitrogens with one attached hydrogen (secondary N) is 1. The molecule has 184 valence electrons. The second-order valence-electron chi connectivity index (χ2n) is 9.93. The Bertz CT molecular complexity index is 1340. The Kier molecular flexibility index (Phi) is 7.39. The molecule has 0 fully saturated rings. The lowest BCUT2D eigenvalue weighted by atomic mass is 9.87. The van der Waals surface area contributed by atoms with Crippen LogP contribution in [0.25, 0.3) is 16.8 Å². The van der Waals surface area contributed by atoms with Crippen LogP contribution in [0, 0.1) is 13.8 Å². The lowest BCUT2D eigenvalue weighted by molar-refractivity contribution is -0.123. The highest BCUT2D eigenvalue weighted by Crippen LogP contribution is 2.26. The predicted octanol–water partition coefficient (Wildman–Crippen LogP) is 6.59. The van der Waals surface area contributed by atoms with Crippen molar-refractivity contribution in [2.24, 2.45) is 5.10 Å². The number of benzene rings is 3. The maximum absolute atomic E-state index is 12.2. The molecule has 0 aliphatic rings. The molecular weight excluding hydrogens is 446 g/mol. The average Bonchev–Trinajstić information content (AvgIpc) is 3.15. The van der Waals surface area contributed by atoms with Crippen LogP contribution in [0.2, 0.25) is 0 Å². The van der Waals surface area contributed by atoms with Crippen LogP contribution < -0.4 is 10.2 Å². The van der Waals surface area contributed by atoms with E-state index in [1.54, 1.807) is 6.21 Å². The number of hydrogen-bond acceptors (Lipinski definition) is 3. The van der Waals surface area contributed by atoms with Gasteiger partial charge in [0.15, 0.2) is 6.61 Å². The number of hydrazone groups is 1. The molecule has 36 heavy (non-hydrogen) atoms. The lowest BCUT2D eigenvalue weighted by Gasteiger charge is -2.20. The van der Waals surface area contributed by atoms with E-state index in [4.69, 9.17) is 4.74 Å². The zero-order valence-corrected chi connectivity index (χ0v) is 21.6. The summed E-state index contributed by atoms with van der Waals surface area (Å²) < 4.78 is 7.80. The van der Waals surface area contributed by atoms with Gasteiger partial charge in [-0.3, -0.25) is 4.79 Å². The zero-order valence-electron chi connectivity index (χ0n) is 21.6. The second kappa shape index (κ2) is 10.6. The molecule has 0 bridgehead atoms. The number of aromatic nitrogens is 1. The van der Waals surface area contributed by atoms with E-state index in [0.29, 0.717) is 5.75 Å². The van der Waals surface area contributed by atoms with Gasteiger partial charge in [-0.2, -0.15) is 5.10 Å². The third-order valence-corrected chi connectivity index (χ3v) is 6.19. The van der Waals surface area contributed by atoms with Gasteiger partial charge in [0.05, 0.1) is 6.21 Å². The summed E-state index contributed by atoms with van der Waals surface area (Å²) in [6, 6.07) is 28.5. The van der Waals surface area contributed by atoms with E-state index < -0.39 is 0 Å². The molecule has 1 heterocycles. The Balaban J connectivity index is 1.34. The maximum atomic E-state index is 12.2. The van der Waals surface area contributed by atoms with Crippen LogP contribution in [0.3, 0.4) is 0 Å². The first kappa shape index (κ1) is 25.0. The van der Waals surface area contributed by atoms with Crippen molar-refractivity contribution in [3.8, 4) is 22.6 Å². The highest BCUT2D eigenvalue weighted by molar-refractivity contribution is 5.84. The molecule has 1 N–H and O–H groups in total. The summed E-state index contributed by atoms with van der Waals surface area (Å²) in [5.74, 6) is 0.319. The smallest absolute Gasteiger partial charge is 0.277 e. The highest BCUT2D eigenvalue weighted by Gasteiger charge is 2.15. The number of ether oxygens (including phenoxy) is 1. The number of carbonyl (C=O) groups excluding carboxylic acids is 1. The topological polar surface area (TPSA) is 55.6 Å². The van der Waals surface area contributed by atoms with Crippen molar-refractivity contribution in [2.75, 3.05) is 6.61 Å². The van der Waals surface area contributed by atoms with Gasteiger partial charge in [-0.05, 0) is 66.3 Å². The summed E-state index contributed by atoms with van der Waals surface area (Å²) in [7, 11) is 0. The average molecular weight is 480 g/mol. The predicted molar refractivity (Wildman–Crippen MR) is 147 cm³/mol. The van der Waals surface area contributed by atoms with Gasteiger partial charge in [-0.25, -0.2) is 5.43 Å². The molecule has 0 aliphatic heterocycles. The van der Waals surface area contributed by atoms with Gasteiger partial charge < -0.3 is 9.30 Å². The first-order chi connectivity index (χ1) is 17.2. The van der Waals surface area contributed by atoms with Crippen molar-refractivity contribution >= 4 is 12.1 Å². The Morgan fingerprint density at radius 1 is 0.917 bits per heavy atom. The molecule has 3 aromatic carbocycles. The minimum Gasteiger partial charge on any atom is -0.484 e. The number of rotatable bonds is 7. The molecule has 1 aromatic heterocycles. The molecule has 5 heteroatoms. The molecule has 0 spiro atoms. The Labute approximate surface area is 213 Å². The molecule has 1 amide bonds. The van der Waals surface area contributed by atoms with E-state index in [9.17, 15) is 4.79 Å². The van der Waals surface area contributed by atoms with E-state index in [1.807, 2.05) is 42.5 Å². The normalized spacial score (nSPS) is 11.6. The minimum absolute atomic E-state index is 0.110. The summed E-state index contributed by atoms with van der Waals surface area (Å²) in [5.41, 5.74) is 10.4. The van der Waals surface area contributed by atoms with Crippen molar-refractivity contribution in [2.45, 2.75) is 40.0 Å². The third-order valence-electron chi connectivity index (χ3n) is 6.19. The summed E-state index contributed by atoms with van der Waals surface area (Å²) in [4.78, 5) is 12.2. The fraction of sp³-hybridized carbons (Fsp3) is 0.226. The number of carbonyl (C=O) groups is 1. The van der Waals surface area contributed by atoms with E-state index in [2.05, 4.69) is 92.2 Å². The van der Waals surface area contributed by atoms with E-state index in [1.165, 1.54) is 5.56 Å². The molecule has 0 saturated carbocycles. The quantitative estimate of drug-likeness (QED) is 0.240. The van der Waals surface area contributed by atoms with Crippen molar-refractivity contribution < 1.29 is 9.53 Å². The molecule has 4 rings (SSSR count). The van der Waals surface area contributed by atoms with Crippen LogP contribution in [0.15, 0.2) is 90.0 Å². The van der Waals surface area contributed by atoms with Gasteiger partial charge in [0.2, 0.25) is 0 Å². The van der Waals surface area contributed by atoms with Crippen molar-refractivity contribution in [3.05, 3.63) is 107 Å². The summed E-state index contributed by atoms with van der Waals surface area (Å²) in [5, 5.41) is 4.15. The fourth-order valence-corrected chi connectivity index (χ4v) is 4.16. The Morgan fingerprint density at radius 2 is 1.56 bits per heavy atom. The van der Waals surface area contributed by atoms with Crippen LogP contribution >= 0.6 is 0 Å². The molecule has 4 aromatic rings. The summed E-state index contributed by atoms with van der Waals surface area (Å²) in [6.45, 7) is 10.6. The first-order valence-electron chi connectivity index (χ1n) is 12.1. The summed E-state index contributed by atoms with van der Waals surface area (Å²) >= 11 is 0. The minimum atomic E-state index is -0.315. The van der Waals surface area contributed by atoms with Crippen LogP contribution in [-0.2, 0) is 10.2 Å². The lowest BCUT2D eigenvalue weighted by Crippen LogP contribution is -2.24. The summed E-state index contributed by atoms with van der Waals surface area (Å²) in [6.07, 6.45) is 1.68. The molecular formula is C31H33N3O2. The number of nitrogens with zero attached hydrogens (tertiary/aromatic N) is 2. The van der Waals surface area contributed by atoms with Gasteiger partial charge in [-0.1, -0.05) is 75.4 Å². The van der Waals surface area contributed by atoms with Crippen LogP contribution in [0.5, 0.6) is 5.75 Å². The monoisotopic (exact) mass is 479 g/mol. The van der Waals surface area contributed by atoms with Gasteiger partial charge in [0.25, 0.3) is 5.91 Å². The number of amides is 1. The molecule has 5 nitrogen and oxygen atoms in total. The van der Waals surface area contributed by atoms with Crippen LogP contribution in [-0.4, -0.2) is 23.3 Å². The molecule has 0 unspecified atom stereocenters. The van der Waals surface area contributed by atoms with E-state index in [-0.39, 0.29) is 17.9 Å². The van der Waals surface area contributed by atoms with Gasteiger partial charge in [-0.15, -0.1) is 0 Å². The van der Waals surface area contributed by atoms with Gasteiger partial charge >= 0.3 is 0 Å². The van der Waals surface area contributed by atoms with Crippen molar-refractivity contribution in [1.29, 1.82) is 0 Å². The SMILES string of the molecule is Cc1cc(/C=N/NC(=O)COc2ccc(-c3ccccc3)cc2)c(C)n1-c1ccc(C(C)(C)C)cc1. The number of aryl methyl sites for hydroxylation is 1. The van der Waals surface area contributed by atoms with Crippen molar-refractivity contribution in [3.63, 3.8) is 0 Å². The Morgan fingerprint density at radius 3 is 2.19 bits per heavy atom. The highest BCUT2D eigenvalue weighted by atomic mass is 16.5. The molecule has 0 saturated heterocycles. The zero-order chi connectivity index (χ0) is 25.7. The van der Waals surface area contributed by atoms with Crippen LogP contribution in [0.4, 0.5) is 0 Å². The fourth-order valence-electron chi connectivity index (χ4n) is 4.16. The second-order valence-corrected chi connectivity index (χ2v) is 9.93. The maximum Gasteiger partial charge on any atom is 0.277 e. The van der Waals surface area contributed by atoms with E-state index in [0.717, 1.165) is 33.8 Å². The van der Waals surface area contributed by atoms with Gasteiger partial charge in [0, 0.05) is 22.6 Å². The number of hydrogen-bond donors (Lipinski definition) is 1. The first-order valence-corrected chi connectivity index (χ1v) is 12.1. The standard InChI is InChI=1S/C31H33N3O2/c1-22-19-26(23(2)34(22)28-15-13-27(14-16-28)31(3,4)5)20-32-33-30(35)21-36-29-17-11-25(12-18-29)24-9-7-6-8-10-24/h6-20H,21H2,1-5H3,(H,33,35)/b32-20+. The van der Waals surface area contributed by atoms with Crippen molar-refractivity contribution in [1.82, 2.24) is 9.99 Å².